The van der Waals surface area contributed by atoms with Gasteiger partial charge in [0.15, 0.2) is 0 Å². The Morgan fingerprint density at radius 1 is 1.50 bits per heavy atom. The van der Waals surface area contributed by atoms with Crippen LogP contribution in [0, 0.1) is 7.43 Å². The van der Waals surface area contributed by atoms with E-state index in [-0.39, 0.29) is 28.5 Å². The summed E-state index contributed by atoms with van der Waals surface area (Å²) < 4.78 is 0. The molecule has 0 aromatic carbocycles. The van der Waals surface area contributed by atoms with E-state index in [1.807, 2.05) is 12.2 Å². The van der Waals surface area contributed by atoms with E-state index in [1.54, 1.807) is 6.08 Å². The monoisotopic (exact) mass is 307 g/mol. The van der Waals surface area contributed by atoms with E-state index in [2.05, 4.69) is 20.1 Å². The van der Waals surface area contributed by atoms with Crippen LogP contribution in [0.5, 0.6) is 0 Å². The van der Waals surface area contributed by atoms with Crippen molar-refractivity contribution in [1.29, 1.82) is 0 Å². The Bertz CT molecular complexity index is 112. The second kappa shape index (κ2) is 11.7. The van der Waals surface area contributed by atoms with Crippen molar-refractivity contribution in [1.82, 2.24) is 0 Å². The Kier molecular flexibility index (Phi) is 19.2. The van der Waals surface area contributed by atoms with Crippen molar-refractivity contribution >= 4 is 0 Å². The molecule has 0 spiro atoms. The van der Waals surface area contributed by atoms with Crippen LogP contribution < -0.4 is 0 Å². The van der Waals surface area contributed by atoms with Crippen molar-refractivity contribution in [2.24, 2.45) is 0 Å². The first kappa shape index (κ1) is 16.5. The average Bonchev–Trinajstić information content (AvgIpc) is 1.83. The van der Waals surface area contributed by atoms with E-state index in [0.717, 1.165) is 12.0 Å². The molecule has 0 saturated carbocycles. The van der Waals surface area contributed by atoms with Crippen molar-refractivity contribution < 1.29 is 21.1 Å². The molecule has 10 heavy (non-hydrogen) atoms. The average molecular weight is 307 g/mol. The Morgan fingerprint density at radius 2 is 2.00 bits per heavy atom. The molecule has 0 amide bonds. The van der Waals surface area contributed by atoms with Crippen LogP contribution in [0.25, 0.3) is 0 Å². The van der Waals surface area contributed by atoms with E-state index in [0.29, 0.717) is 0 Å². The molecule has 0 bridgehead atoms. The Labute approximate surface area is 79.0 Å². The second-order valence-electron chi connectivity index (χ2n) is 1.61. The van der Waals surface area contributed by atoms with Gasteiger partial charge in [0.2, 0.25) is 0 Å². The summed E-state index contributed by atoms with van der Waals surface area (Å²) in [5, 5.41) is 0. The summed E-state index contributed by atoms with van der Waals surface area (Å²) in [5.74, 6) is 0. The molecule has 58 valence electrons. The molecule has 1 heteroatoms. The smallest absolute Gasteiger partial charge is 0 e. The zero-order valence-corrected chi connectivity index (χ0v) is 9.70. The van der Waals surface area contributed by atoms with Crippen molar-refractivity contribution in [3.05, 3.63) is 44.4 Å². The molecule has 0 aliphatic carbocycles. The first-order valence-electron chi connectivity index (χ1n) is 2.78. The molecule has 0 aliphatic heterocycles. The molecular weight excluding hydrogens is 292 g/mol. The first-order valence-corrected chi connectivity index (χ1v) is 2.78. The summed E-state index contributed by atoms with van der Waals surface area (Å²) in [4.78, 5) is 0. The maximum atomic E-state index is 3.78. The zero-order valence-electron chi connectivity index (χ0n) is 6.76. The van der Waals surface area contributed by atoms with Gasteiger partial charge in [0.05, 0.1) is 0 Å². The zero-order chi connectivity index (χ0) is 6.41. The minimum absolute atomic E-state index is 0. The SMILES string of the molecule is C=C/C=C\C(=C)CC.[CH3-].[W]. The van der Waals surface area contributed by atoms with Crippen LogP contribution in [0.15, 0.2) is 37.0 Å². The molecule has 0 aliphatic rings. The molecule has 0 fully saturated rings. The molecule has 0 radical (unpaired) electrons. The maximum absolute atomic E-state index is 3.78. The van der Waals surface area contributed by atoms with Gasteiger partial charge in [-0.3, -0.25) is 0 Å². The molecule has 0 aromatic rings. The largest absolute Gasteiger partial charge is 0.358 e. The van der Waals surface area contributed by atoms with Gasteiger partial charge < -0.3 is 7.43 Å². The van der Waals surface area contributed by atoms with Gasteiger partial charge in [0.25, 0.3) is 0 Å². The van der Waals surface area contributed by atoms with Crippen LogP contribution in [0.3, 0.4) is 0 Å². The predicted octanol–water partition coefficient (Wildman–Crippen LogP) is 3.14. The Hall–Kier alpha value is -0.0917. The van der Waals surface area contributed by atoms with Gasteiger partial charge in [0.1, 0.15) is 0 Å². The van der Waals surface area contributed by atoms with Crippen LogP contribution in [0.4, 0.5) is 0 Å². The summed E-state index contributed by atoms with van der Waals surface area (Å²) in [6, 6.07) is 0. The van der Waals surface area contributed by atoms with Gasteiger partial charge in [-0.2, -0.15) is 0 Å². The summed E-state index contributed by atoms with van der Waals surface area (Å²) >= 11 is 0. The summed E-state index contributed by atoms with van der Waals surface area (Å²) in [6.07, 6.45) is 6.63. The van der Waals surface area contributed by atoms with Crippen LogP contribution in [0.2, 0.25) is 0 Å². The number of hydrogen-bond donors (Lipinski definition) is 0. The summed E-state index contributed by atoms with van der Waals surface area (Å²) in [5.41, 5.74) is 1.14. The molecule has 0 unspecified atom stereocenters. The van der Waals surface area contributed by atoms with Crippen molar-refractivity contribution in [2.75, 3.05) is 0 Å². The summed E-state index contributed by atoms with van der Waals surface area (Å²) in [6.45, 7) is 9.39. The molecule has 0 atom stereocenters. The van der Waals surface area contributed by atoms with Gasteiger partial charge in [0, 0.05) is 21.1 Å². The first-order chi connectivity index (χ1) is 3.81. The van der Waals surface area contributed by atoms with E-state index in [1.165, 1.54) is 0 Å². The second-order valence-corrected chi connectivity index (χ2v) is 1.61. The Morgan fingerprint density at radius 3 is 2.30 bits per heavy atom. The summed E-state index contributed by atoms with van der Waals surface area (Å²) in [7, 11) is 0. The van der Waals surface area contributed by atoms with Crippen LogP contribution in [-0.2, 0) is 21.1 Å². The quantitative estimate of drug-likeness (QED) is 0.555. The maximum Gasteiger partial charge on any atom is 0 e. The van der Waals surface area contributed by atoms with Gasteiger partial charge in [-0.05, 0) is 6.42 Å². The molecule has 0 aromatic heterocycles. The van der Waals surface area contributed by atoms with Crippen LogP contribution in [-0.4, -0.2) is 0 Å². The van der Waals surface area contributed by atoms with E-state index in [9.17, 15) is 0 Å². The third kappa shape index (κ3) is 10.8. The van der Waals surface area contributed by atoms with Gasteiger partial charge in [-0.1, -0.05) is 43.9 Å². The Balaban J connectivity index is -0.000000245. The third-order valence-corrected chi connectivity index (χ3v) is 0.922. The molecule has 0 heterocycles. The van der Waals surface area contributed by atoms with Crippen molar-refractivity contribution in [2.45, 2.75) is 13.3 Å². The van der Waals surface area contributed by atoms with E-state index < -0.39 is 0 Å². The molecule has 0 rings (SSSR count). The molecular formula is C9H15W-. The van der Waals surface area contributed by atoms with Crippen molar-refractivity contribution in [3.63, 3.8) is 0 Å². The van der Waals surface area contributed by atoms with Gasteiger partial charge in [-0.25, -0.2) is 0 Å². The van der Waals surface area contributed by atoms with Gasteiger partial charge >= 0.3 is 0 Å². The molecule has 0 N–H and O–H groups in total. The fourth-order valence-corrected chi connectivity index (χ4v) is 0.322. The molecule has 0 saturated heterocycles. The fraction of sp³-hybridized carbons (Fsp3) is 0.222. The topological polar surface area (TPSA) is 0 Å². The fourth-order valence-electron chi connectivity index (χ4n) is 0.322. The van der Waals surface area contributed by atoms with Crippen LogP contribution in [0.1, 0.15) is 13.3 Å². The predicted molar refractivity (Wildman–Crippen MR) is 45.2 cm³/mol. The van der Waals surface area contributed by atoms with Gasteiger partial charge in [-0.15, -0.1) is 0 Å². The molecule has 0 nitrogen and oxygen atoms in total. The van der Waals surface area contributed by atoms with Crippen LogP contribution >= 0.6 is 0 Å². The minimum Gasteiger partial charge on any atom is -0.358 e. The number of allylic oxidation sites excluding steroid dienone is 4. The standard InChI is InChI=1S/C8H12.CH3.W/c1-4-6-7-8(3)5-2;;/h4,6-7H,1,3,5H2,2H3;1H3;/q;-1;/b7-6-;;. The number of rotatable bonds is 3. The number of hydrogen-bond acceptors (Lipinski definition) is 0. The van der Waals surface area contributed by atoms with E-state index >= 15 is 0 Å². The van der Waals surface area contributed by atoms with Crippen molar-refractivity contribution in [3.8, 4) is 0 Å². The normalized spacial score (nSPS) is 7.70. The van der Waals surface area contributed by atoms with E-state index in [4.69, 9.17) is 0 Å². The minimum atomic E-state index is 0. The third-order valence-electron chi connectivity index (χ3n) is 0.922.